The van der Waals surface area contributed by atoms with Gasteiger partial charge in [-0.05, 0) is 39.2 Å². The summed E-state index contributed by atoms with van der Waals surface area (Å²) in [5, 5.41) is 13.3. The van der Waals surface area contributed by atoms with Gasteiger partial charge in [0, 0.05) is 0 Å². The Bertz CT molecular complexity index is 1190. The van der Waals surface area contributed by atoms with E-state index >= 15 is 0 Å². The van der Waals surface area contributed by atoms with E-state index in [4.69, 9.17) is 9.47 Å². The van der Waals surface area contributed by atoms with E-state index in [1.165, 1.54) is 0 Å². The van der Waals surface area contributed by atoms with Crippen LogP contribution >= 0.6 is 0 Å². The molecule has 0 amide bonds. The molecular weight excluding hydrogens is 368 g/mol. The Morgan fingerprint density at radius 1 is 0.793 bits per heavy atom. The summed E-state index contributed by atoms with van der Waals surface area (Å²) in [5.41, 5.74) is 0.767. The molecule has 4 aromatic carbocycles. The van der Waals surface area contributed by atoms with Crippen molar-refractivity contribution in [2.24, 2.45) is 0 Å². The van der Waals surface area contributed by atoms with E-state index in [0.29, 0.717) is 5.75 Å². The van der Waals surface area contributed by atoms with Crippen LogP contribution in [0.25, 0.3) is 21.5 Å². The first-order valence-corrected chi connectivity index (χ1v) is 9.14. The van der Waals surface area contributed by atoms with Crippen LogP contribution in [-0.2, 0) is 20.7 Å². The molecule has 0 aliphatic carbocycles. The quantitative estimate of drug-likeness (QED) is 0.388. The summed E-state index contributed by atoms with van der Waals surface area (Å²) >= 11 is 0. The molecule has 0 saturated heterocycles. The Balaban J connectivity index is 1.50. The maximum atomic E-state index is 12.4. The van der Waals surface area contributed by atoms with Crippen molar-refractivity contribution in [3.05, 3.63) is 90.5 Å². The van der Waals surface area contributed by atoms with Gasteiger partial charge in [0.2, 0.25) is 0 Å². The maximum Gasteiger partial charge on any atom is 0.387 e. The van der Waals surface area contributed by atoms with Gasteiger partial charge in [-0.3, -0.25) is 4.79 Å². The molecule has 0 fully saturated rings. The van der Waals surface area contributed by atoms with Crippen LogP contribution in [0, 0.1) is 0 Å². The molecule has 144 valence electrons. The Morgan fingerprint density at radius 2 is 1.48 bits per heavy atom. The number of carbonyl (C=O) groups excluding carboxylic acids is 1. The monoisotopic (exact) mass is 386 g/mol. The fraction of sp³-hybridized carbons (Fsp3) is 0.0833. The summed E-state index contributed by atoms with van der Waals surface area (Å²) in [6.45, 7) is 0. The molecule has 1 unspecified atom stereocenters. The van der Waals surface area contributed by atoms with E-state index in [0.717, 1.165) is 27.1 Å². The van der Waals surface area contributed by atoms with E-state index in [1.54, 1.807) is 12.1 Å². The molecule has 0 aliphatic heterocycles. The van der Waals surface area contributed by atoms with Crippen molar-refractivity contribution in [3.8, 4) is 5.75 Å². The fourth-order valence-electron chi connectivity index (χ4n) is 3.25. The fourth-order valence-corrected chi connectivity index (χ4v) is 3.25. The molecule has 0 spiro atoms. The van der Waals surface area contributed by atoms with Crippen molar-refractivity contribution in [2.45, 2.75) is 12.7 Å². The van der Waals surface area contributed by atoms with Gasteiger partial charge < -0.3 is 14.6 Å². The van der Waals surface area contributed by atoms with Crippen molar-refractivity contribution >= 4 is 33.5 Å². The number of hydrogen-bond acceptors (Lipinski definition) is 4. The standard InChI is InChI=1S/C24H18O5/c25-22(15-19-10-5-9-17-7-3-4-11-21(17)19)29-24(23(26)27)28-20-13-12-16-6-1-2-8-18(16)14-20/h1-14,24H,15H2,(H,26,27). The van der Waals surface area contributed by atoms with Gasteiger partial charge in [0.05, 0.1) is 6.42 Å². The largest absolute Gasteiger partial charge is 0.476 e. The van der Waals surface area contributed by atoms with Gasteiger partial charge >= 0.3 is 18.2 Å². The van der Waals surface area contributed by atoms with Gasteiger partial charge in [0.1, 0.15) is 5.75 Å². The minimum absolute atomic E-state index is 0.0494. The average Bonchev–Trinajstić information content (AvgIpc) is 2.73. The molecule has 4 aromatic rings. The smallest absolute Gasteiger partial charge is 0.387 e. The Morgan fingerprint density at radius 3 is 2.28 bits per heavy atom. The summed E-state index contributed by atoms with van der Waals surface area (Å²) < 4.78 is 10.6. The molecule has 4 rings (SSSR count). The van der Waals surface area contributed by atoms with E-state index in [-0.39, 0.29) is 6.42 Å². The van der Waals surface area contributed by atoms with Gasteiger partial charge in [-0.2, -0.15) is 0 Å². The summed E-state index contributed by atoms with van der Waals surface area (Å²) in [6.07, 6.45) is -1.77. The summed E-state index contributed by atoms with van der Waals surface area (Å²) in [7, 11) is 0. The molecule has 0 aromatic heterocycles. The number of rotatable bonds is 6. The predicted molar refractivity (Wildman–Crippen MR) is 110 cm³/mol. The minimum Gasteiger partial charge on any atom is -0.476 e. The van der Waals surface area contributed by atoms with Crippen LogP contribution in [0.5, 0.6) is 5.75 Å². The molecule has 0 saturated carbocycles. The van der Waals surface area contributed by atoms with Gasteiger partial charge in [0.25, 0.3) is 0 Å². The molecule has 5 nitrogen and oxygen atoms in total. The highest BCUT2D eigenvalue weighted by molar-refractivity contribution is 5.89. The first-order chi connectivity index (χ1) is 14.1. The van der Waals surface area contributed by atoms with Crippen LogP contribution in [0.1, 0.15) is 5.56 Å². The number of aliphatic carboxylic acids is 1. The predicted octanol–water partition coefficient (Wildman–Crippen LogP) is 4.57. The highest BCUT2D eigenvalue weighted by atomic mass is 16.7. The lowest BCUT2D eigenvalue weighted by Gasteiger charge is -2.16. The van der Waals surface area contributed by atoms with Gasteiger partial charge in [-0.25, -0.2) is 4.79 Å². The molecule has 29 heavy (non-hydrogen) atoms. The number of ether oxygens (including phenoxy) is 2. The van der Waals surface area contributed by atoms with E-state index in [2.05, 4.69) is 0 Å². The second-order valence-corrected chi connectivity index (χ2v) is 6.60. The molecule has 5 heteroatoms. The number of carboxylic acids is 1. The van der Waals surface area contributed by atoms with Crippen LogP contribution < -0.4 is 4.74 Å². The summed E-state index contributed by atoms with van der Waals surface area (Å²) in [6, 6.07) is 26.1. The number of benzene rings is 4. The highest BCUT2D eigenvalue weighted by Crippen LogP contribution is 2.23. The number of carbonyl (C=O) groups is 2. The SMILES string of the molecule is O=C(Cc1cccc2ccccc12)OC(Oc1ccc2ccccc2c1)C(=O)O. The Hall–Kier alpha value is -3.86. The molecule has 0 radical (unpaired) electrons. The van der Waals surface area contributed by atoms with Crippen molar-refractivity contribution in [2.75, 3.05) is 0 Å². The lowest BCUT2D eigenvalue weighted by atomic mass is 10.0. The maximum absolute atomic E-state index is 12.4. The van der Waals surface area contributed by atoms with E-state index < -0.39 is 18.2 Å². The third-order valence-corrected chi connectivity index (χ3v) is 4.62. The zero-order chi connectivity index (χ0) is 20.2. The zero-order valence-electron chi connectivity index (χ0n) is 15.4. The molecule has 0 aliphatic rings. The summed E-state index contributed by atoms with van der Waals surface area (Å²) in [4.78, 5) is 24.0. The normalized spacial score (nSPS) is 11.9. The van der Waals surface area contributed by atoms with Crippen LogP contribution in [0.15, 0.2) is 84.9 Å². The van der Waals surface area contributed by atoms with Crippen molar-refractivity contribution < 1.29 is 24.2 Å². The number of carboxylic acid groups (broad SMARTS) is 1. The van der Waals surface area contributed by atoms with Crippen molar-refractivity contribution in [3.63, 3.8) is 0 Å². The van der Waals surface area contributed by atoms with Crippen LogP contribution in [0.3, 0.4) is 0 Å². The van der Waals surface area contributed by atoms with E-state index in [1.807, 2.05) is 72.8 Å². The molecule has 1 N–H and O–H groups in total. The molecular formula is C24H18O5. The number of hydrogen-bond donors (Lipinski definition) is 1. The minimum atomic E-state index is -1.72. The van der Waals surface area contributed by atoms with Crippen molar-refractivity contribution in [1.82, 2.24) is 0 Å². The molecule has 0 heterocycles. The second-order valence-electron chi connectivity index (χ2n) is 6.60. The van der Waals surface area contributed by atoms with Crippen LogP contribution in [0.4, 0.5) is 0 Å². The zero-order valence-corrected chi connectivity index (χ0v) is 15.4. The lowest BCUT2D eigenvalue weighted by Crippen LogP contribution is -2.33. The Kier molecular flexibility index (Phi) is 5.12. The average molecular weight is 386 g/mol. The number of esters is 1. The highest BCUT2D eigenvalue weighted by Gasteiger charge is 2.25. The topological polar surface area (TPSA) is 72.8 Å². The molecule has 0 bridgehead atoms. The van der Waals surface area contributed by atoms with E-state index in [9.17, 15) is 14.7 Å². The van der Waals surface area contributed by atoms with Gasteiger partial charge in [0.15, 0.2) is 0 Å². The van der Waals surface area contributed by atoms with Gasteiger partial charge in [-0.1, -0.05) is 72.8 Å². The number of fused-ring (bicyclic) bond motifs is 2. The Labute approximate surface area is 167 Å². The first-order valence-electron chi connectivity index (χ1n) is 9.14. The van der Waals surface area contributed by atoms with Crippen molar-refractivity contribution in [1.29, 1.82) is 0 Å². The third kappa shape index (κ3) is 4.19. The van der Waals surface area contributed by atoms with Crippen LogP contribution in [0.2, 0.25) is 0 Å². The summed E-state index contributed by atoms with van der Waals surface area (Å²) in [5.74, 6) is -1.73. The first kappa shape index (κ1) is 18.5. The van der Waals surface area contributed by atoms with Gasteiger partial charge in [-0.15, -0.1) is 0 Å². The third-order valence-electron chi connectivity index (χ3n) is 4.62. The van der Waals surface area contributed by atoms with Crippen LogP contribution in [-0.4, -0.2) is 23.3 Å². The molecule has 1 atom stereocenters. The second kappa shape index (κ2) is 8.02. The lowest BCUT2D eigenvalue weighted by molar-refractivity contribution is -0.182.